The number of hydrogen-bond acceptors (Lipinski definition) is 0. The van der Waals surface area contributed by atoms with Gasteiger partial charge in [0.15, 0.2) is 0 Å². The first-order valence-corrected chi connectivity index (χ1v) is 3.57. The van der Waals surface area contributed by atoms with Gasteiger partial charge >= 0.3 is 0 Å². The third kappa shape index (κ3) is 1.72. The topological polar surface area (TPSA) is 0 Å². The summed E-state index contributed by atoms with van der Waals surface area (Å²) in [6.45, 7) is 1.98. The first kappa shape index (κ1) is 7.63. The zero-order chi connectivity index (χ0) is 8.10. The molecule has 0 fully saturated rings. The maximum atomic E-state index is 5.30. The second-order valence-electron chi connectivity index (χ2n) is 2.23. The minimum absolute atomic E-state index is 0.950. The molecular weight excluding hydrogens is 132 g/mol. The van der Waals surface area contributed by atoms with Gasteiger partial charge in [0.1, 0.15) is 0 Å². The van der Waals surface area contributed by atoms with Crippen LogP contribution in [0.4, 0.5) is 0 Å². The summed E-state index contributed by atoms with van der Waals surface area (Å²) >= 11 is 0. The molecule has 1 aromatic carbocycles. The molecule has 0 aliphatic carbocycles. The van der Waals surface area contributed by atoms with Gasteiger partial charge < -0.3 is 0 Å². The SMILES string of the molecule is C#Cc1ccccc1/C=C/C. The van der Waals surface area contributed by atoms with Gasteiger partial charge in [0.05, 0.1) is 0 Å². The Hall–Kier alpha value is -1.48. The number of rotatable bonds is 1. The first-order valence-electron chi connectivity index (χ1n) is 3.57. The highest BCUT2D eigenvalue weighted by Crippen LogP contribution is 2.08. The predicted molar refractivity (Wildman–Crippen MR) is 49.1 cm³/mol. The summed E-state index contributed by atoms with van der Waals surface area (Å²) in [5, 5.41) is 0. The molecule has 0 radical (unpaired) electrons. The van der Waals surface area contributed by atoms with E-state index < -0.39 is 0 Å². The first-order chi connectivity index (χ1) is 5.38. The molecule has 1 rings (SSSR count). The highest BCUT2D eigenvalue weighted by molar-refractivity contribution is 5.58. The van der Waals surface area contributed by atoms with Crippen molar-refractivity contribution in [2.24, 2.45) is 0 Å². The van der Waals surface area contributed by atoms with Crippen molar-refractivity contribution in [3.63, 3.8) is 0 Å². The Balaban J connectivity index is 3.15. The van der Waals surface area contributed by atoms with Crippen LogP contribution in [0.15, 0.2) is 30.3 Å². The largest absolute Gasteiger partial charge is 0.115 e. The van der Waals surface area contributed by atoms with Gasteiger partial charge in [-0.3, -0.25) is 0 Å². The van der Waals surface area contributed by atoms with Crippen molar-refractivity contribution in [1.29, 1.82) is 0 Å². The van der Waals surface area contributed by atoms with Crippen LogP contribution in [0.2, 0.25) is 0 Å². The Kier molecular flexibility index (Phi) is 2.52. The summed E-state index contributed by atoms with van der Waals surface area (Å²) in [4.78, 5) is 0. The van der Waals surface area contributed by atoms with Gasteiger partial charge in [0.2, 0.25) is 0 Å². The van der Waals surface area contributed by atoms with Gasteiger partial charge in [-0.05, 0) is 18.6 Å². The summed E-state index contributed by atoms with van der Waals surface area (Å²) in [5.74, 6) is 2.63. The van der Waals surface area contributed by atoms with Gasteiger partial charge in [-0.2, -0.15) is 0 Å². The Bertz CT molecular complexity index is 300. The van der Waals surface area contributed by atoms with Crippen LogP contribution in [-0.2, 0) is 0 Å². The molecule has 0 aromatic heterocycles. The minimum Gasteiger partial charge on any atom is -0.115 e. The van der Waals surface area contributed by atoms with Crippen molar-refractivity contribution in [2.45, 2.75) is 6.92 Å². The molecule has 11 heavy (non-hydrogen) atoms. The number of benzene rings is 1. The Morgan fingerprint density at radius 2 is 2.09 bits per heavy atom. The predicted octanol–water partition coefficient (Wildman–Crippen LogP) is 2.70. The van der Waals surface area contributed by atoms with E-state index in [1.807, 2.05) is 43.3 Å². The second kappa shape index (κ2) is 3.63. The lowest BCUT2D eigenvalue weighted by Crippen LogP contribution is -1.78. The Morgan fingerprint density at radius 1 is 1.36 bits per heavy atom. The summed E-state index contributed by atoms with van der Waals surface area (Å²) in [7, 11) is 0. The normalized spacial score (nSPS) is 9.82. The third-order valence-corrected chi connectivity index (χ3v) is 1.46. The van der Waals surface area contributed by atoms with Gasteiger partial charge in [-0.25, -0.2) is 0 Å². The van der Waals surface area contributed by atoms with Crippen LogP contribution in [-0.4, -0.2) is 0 Å². The van der Waals surface area contributed by atoms with Crippen molar-refractivity contribution in [2.75, 3.05) is 0 Å². The molecule has 0 aliphatic rings. The quantitative estimate of drug-likeness (QED) is 0.529. The molecule has 0 heteroatoms. The fraction of sp³-hybridized carbons (Fsp3) is 0.0909. The molecule has 54 valence electrons. The van der Waals surface area contributed by atoms with E-state index in [0.717, 1.165) is 11.1 Å². The highest BCUT2D eigenvalue weighted by Gasteiger charge is 1.91. The standard InChI is InChI=1S/C11H10/c1-3-7-11-9-6-5-8-10(11)4-2/h2-3,5-9H,1H3/b7-3+. The summed E-state index contributed by atoms with van der Waals surface area (Å²) in [6, 6.07) is 7.88. The van der Waals surface area contributed by atoms with Crippen LogP contribution in [0.1, 0.15) is 18.1 Å². The number of allylic oxidation sites excluding steroid dienone is 1. The maximum absolute atomic E-state index is 5.30. The van der Waals surface area contributed by atoms with Crippen LogP contribution < -0.4 is 0 Å². The molecule has 0 N–H and O–H groups in total. The van der Waals surface area contributed by atoms with Crippen molar-refractivity contribution < 1.29 is 0 Å². The van der Waals surface area contributed by atoms with Crippen LogP contribution >= 0.6 is 0 Å². The zero-order valence-electron chi connectivity index (χ0n) is 6.54. The minimum atomic E-state index is 0.950. The molecule has 0 spiro atoms. The fourth-order valence-corrected chi connectivity index (χ4v) is 0.953. The smallest absolute Gasteiger partial charge is 0.0314 e. The molecule has 0 amide bonds. The lowest BCUT2D eigenvalue weighted by atomic mass is 10.1. The maximum Gasteiger partial charge on any atom is 0.0314 e. The molecule has 0 bridgehead atoms. The van der Waals surface area contributed by atoms with E-state index in [4.69, 9.17) is 6.42 Å². The Morgan fingerprint density at radius 3 is 2.73 bits per heavy atom. The van der Waals surface area contributed by atoms with Crippen molar-refractivity contribution in [3.8, 4) is 12.3 Å². The second-order valence-corrected chi connectivity index (χ2v) is 2.23. The van der Waals surface area contributed by atoms with Crippen LogP contribution in [0.25, 0.3) is 6.08 Å². The van der Waals surface area contributed by atoms with Crippen molar-refractivity contribution in [1.82, 2.24) is 0 Å². The van der Waals surface area contributed by atoms with E-state index in [9.17, 15) is 0 Å². The molecular formula is C11H10. The summed E-state index contributed by atoms with van der Waals surface area (Å²) in [5.41, 5.74) is 2.06. The van der Waals surface area contributed by atoms with Gasteiger partial charge in [-0.15, -0.1) is 6.42 Å². The molecule has 0 heterocycles. The number of hydrogen-bond donors (Lipinski definition) is 0. The van der Waals surface area contributed by atoms with Gasteiger partial charge in [-0.1, -0.05) is 36.3 Å². The zero-order valence-corrected chi connectivity index (χ0v) is 6.54. The average Bonchev–Trinajstić information content (AvgIpc) is 2.06. The van der Waals surface area contributed by atoms with Crippen LogP contribution in [0.3, 0.4) is 0 Å². The van der Waals surface area contributed by atoms with E-state index in [-0.39, 0.29) is 0 Å². The lowest BCUT2D eigenvalue weighted by molar-refractivity contribution is 1.59. The van der Waals surface area contributed by atoms with E-state index in [2.05, 4.69) is 5.92 Å². The van der Waals surface area contributed by atoms with Gasteiger partial charge in [0.25, 0.3) is 0 Å². The van der Waals surface area contributed by atoms with E-state index >= 15 is 0 Å². The molecule has 1 aromatic rings. The molecule has 0 saturated heterocycles. The van der Waals surface area contributed by atoms with Crippen molar-refractivity contribution >= 4 is 6.08 Å². The van der Waals surface area contributed by atoms with Gasteiger partial charge in [0, 0.05) is 5.56 Å². The lowest BCUT2D eigenvalue weighted by Gasteiger charge is -1.95. The van der Waals surface area contributed by atoms with E-state index in [1.54, 1.807) is 0 Å². The molecule has 0 atom stereocenters. The third-order valence-electron chi connectivity index (χ3n) is 1.46. The number of terminal acetylenes is 1. The molecule has 0 saturated carbocycles. The van der Waals surface area contributed by atoms with Crippen LogP contribution in [0.5, 0.6) is 0 Å². The summed E-state index contributed by atoms with van der Waals surface area (Å²) < 4.78 is 0. The monoisotopic (exact) mass is 142 g/mol. The summed E-state index contributed by atoms with van der Waals surface area (Å²) in [6.07, 6.45) is 9.29. The Labute approximate surface area is 67.6 Å². The molecule has 0 nitrogen and oxygen atoms in total. The van der Waals surface area contributed by atoms with Crippen molar-refractivity contribution in [3.05, 3.63) is 41.5 Å². The molecule has 0 aliphatic heterocycles. The highest BCUT2D eigenvalue weighted by atomic mass is 13.9. The molecule has 0 unspecified atom stereocenters. The average molecular weight is 142 g/mol. The fourth-order valence-electron chi connectivity index (χ4n) is 0.953. The van der Waals surface area contributed by atoms with E-state index in [0.29, 0.717) is 0 Å². The van der Waals surface area contributed by atoms with E-state index in [1.165, 1.54) is 0 Å². The van der Waals surface area contributed by atoms with Crippen LogP contribution in [0, 0.1) is 12.3 Å².